The number of aliphatic hydroxyl groups excluding tert-OH is 1. The Kier molecular flexibility index (Phi) is 7.69. The van der Waals surface area contributed by atoms with Gasteiger partial charge in [-0.25, -0.2) is 13.4 Å². The highest BCUT2D eigenvalue weighted by molar-refractivity contribution is 7.92. The number of carbonyl (C=O) groups excluding carboxylic acids is 1. The zero-order chi connectivity index (χ0) is 31.3. The summed E-state index contributed by atoms with van der Waals surface area (Å²) in [5.74, 6) is 0.793. The molecule has 1 amide bonds. The van der Waals surface area contributed by atoms with E-state index in [4.69, 9.17) is 4.74 Å². The third-order valence-corrected chi connectivity index (χ3v) is 8.71. The van der Waals surface area contributed by atoms with E-state index in [1.807, 2.05) is 51.3 Å². The lowest BCUT2D eigenvalue weighted by atomic mass is 9.85. The van der Waals surface area contributed by atoms with Crippen molar-refractivity contribution in [3.8, 4) is 5.75 Å². The SMILES string of the molecule is COc1c(NC(=O)c2ccc(C)c(N3C=C(c4cnc(C5(C)CC5)n4C)NN3)c2)cc(C(C)(C)CO)cc1NS(C)(=O)=O. The third kappa shape index (κ3) is 6.05. The monoisotopic (exact) mass is 609 g/mol. The second-order valence-electron chi connectivity index (χ2n) is 12.2. The first-order valence-corrected chi connectivity index (χ1v) is 15.8. The fourth-order valence-corrected chi connectivity index (χ4v) is 5.66. The molecule has 43 heavy (non-hydrogen) atoms. The van der Waals surface area contributed by atoms with Gasteiger partial charge in [0.25, 0.3) is 5.91 Å². The van der Waals surface area contributed by atoms with Crippen molar-refractivity contribution in [1.82, 2.24) is 20.5 Å². The maximum Gasteiger partial charge on any atom is 0.255 e. The number of rotatable bonds is 10. The van der Waals surface area contributed by atoms with E-state index in [-0.39, 0.29) is 29.1 Å². The molecule has 2 aromatic carbocycles. The van der Waals surface area contributed by atoms with Crippen molar-refractivity contribution in [2.45, 2.75) is 51.4 Å². The Morgan fingerprint density at radius 1 is 1.21 bits per heavy atom. The van der Waals surface area contributed by atoms with Gasteiger partial charge in [-0.2, -0.15) is 0 Å². The summed E-state index contributed by atoms with van der Waals surface area (Å²) in [7, 11) is -0.248. The summed E-state index contributed by atoms with van der Waals surface area (Å²) >= 11 is 0. The lowest BCUT2D eigenvalue weighted by molar-refractivity contribution is 0.102. The number of carbonyl (C=O) groups is 1. The van der Waals surface area contributed by atoms with Gasteiger partial charge in [-0.3, -0.25) is 20.0 Å². The van der Waals surface area contributed by atoms with Crippen LogP contribution in [0.4, 0.5) is 17.1 Å². The number of hydrogen-bond donors (Lipinski definition) is 5. The number of ether oxygens (including phenoxy) is 1. The molecule has 230 valence electrons. The number of methoxy groups -OCH3 is 1. The average Bonchev–Trinajstić information content (AvgIpc) is 3.30. The van der Waals surface area contributed by atoms with Crippen LogP contribution in [0.15, 0.2) is 42.7 Å². The van der Waals surface area contributed by atoms with Crippen LogP contribution in [-0.2, 0) is 27.9 Å². The molecular formula is C30H39N7O5S. The fraction of sp³-hybridized carbons (Fsp3) is 0.400. The predicted octanol–water partition coefficient (Wildman–Crippen LogP) is 3.51. The molecule has 1 aliphatic carbocycles. The molecule has 1 aliphatic heterocycles. The van der Waals surface area contributed by atoms with E-state index in [0.717, 1.165) is 47.6 Å². The summed E-state index contributed by atoms with van der Waals surface area (Å²) < 4.78 is 34.3. The van der Waals surface area contributed by atoms with Gasteiger partial charge in [-0.15, -0.1) is 5.53 Å². The highest BCUT2D eigenvalue weighted by Crippen LogP contribution is 2.47. The summed E-state index contributed by atoms with van der Waals surface area (Å²) in [5.41, 5.74) is 10.7. The first kappa shape index (κ1) is 30.4. The lowest BCUT2D eigenvalue weighted by Crippen LogP contribution is -2.36. The Labute approximate surface area is 252 Å². The number of aryl methyl sites for hydroxylation is 1. The van der Waals surface area contributed by atoms with E-state index < -0.39 is 21.3 Å². The molecule has 1 fully saturated rings. The van der Waals surface area contributed by atoms with Crippen LogP contribution >= 0.6 is 0 Å². The second kappa shape index (κ2) is 10.9. The number of sulfonamides is 1. The Bertz CT molecular complexity index is 1720. The lowest BCUT2D eigenvalue weighted by Gasteiger charge is -2.26. The van der Waals surface area contributed by atoms with Gasteiger partial charge >= 0.3 is 0 Å². The summed E-state index contributed by atoms with van der Waals surface area (Å²) in [4.78, 5) is 18.3. The zero-order valence-electron chi connectivity index (χ0n) is 25.5. The summed E-state index contributed by atoms with van der Waals surface area (Å²) in [6.07, 6.45) is 7.09. The molecule has 3 aromatic rings. The molecule has 0 atom stereocenters. The minimum atomic E-state index is -3.66. The van der Waals surface area contributed by atoms with Crippen LogP contribution in [0.1, 0.15) is 66.6 Å². The fourth-order valence-electron chi connectivity index (χ4n) is 5.11. The molecule has 0 spiro atoms. The number of imidazole rings is 1. The molecule has 12 nitrogen and oxygen atoms in total. The maximum absolute atomic E-state index is 13.6. The highest BCUT2D eigenvalue weighted by Gasteiger charge is 2.43. The summed E-state index contributed by atoms with van der Waals surface area (Å²) in [5, 5.41) is 14.7. The molecule has 13 heteroatoms. The molecule has 0 radical (unpaired) electrons. The van der Waals surface area contributed by atoms with Crippen molar-refractivity contribution in [2.75, 3.05) is 35.0 Å². The van der Waals surface area contributed by atoms with Gasteiger partial charge in [0.1, 0.15) is 5.82 Å². The first-order valence-electron chi connectivity index (χ1n) is 13.9. The summed E-state index contributed by atoms with van der Waals surface area (Å²) in [6, 6.07) is 8.62. The van der Waals surface area contributed by atoms with Gasteiger partial charge in [-0.1, -0.05) is 26.8 Å². The van der Waals surface area contributed by atoms with Gasteiger partial charge in [0, 0.05) is 23.4 Å². The number of nitrogens with zero attached hydrogens (tertiary/aromatic N) is 3. The van der Waals surface area contributed by atoms with E-state index in [2.05, 4.69) is 37.5 Å². The predicted molar refractivity (Wildman–Crippen MR) is 167 cm³/mol. The number of anilines is 3. The van der Waals surface area contributed by atoms with E-state index in [0.29, 0.717) is 11.1 Å². The minimum absolute atomic E-state index is 0.134. The highest BCUT2D eigenvalue weighted by atomic mass is 32.2. The van der Waals surface area contributed by atoms with Crippen molar-refractivity contribution >= 4 is 38.7 Å². The van der Waals surface area contributed by atoms with Gasteiger partial charge in [0.05, 0.1) is 60.8 Å². The van der Waals surface area contributed by atoms with Gasteiger partial charge in [0.15, 0.2) is 5.75 Å². The largest absolute Gasteiger partial charge is 0.492 e. The van der Waals surface area contributed by atoms with Crippen molar-refractivity contribution in [2.24, 2.45) is 7.05 Å². The van der Waals surface area contributed by atoms with Crippen molar-refractivity contribution in [3.05, 3.63) is 70.9 Å². The van der Waals surface area contributed by atoms with Gasteiger partial charge < -0.3 is 19.7 Å². The topological polar surface area (TPSA) is 150 Å². The van der Waals surface area contributed by atoms with Crippen LogP contribution in [0.25, 0.3) is 5.70 Å². The molecule has 0 saturated heterocycles. The Morgan fingerprint density at radius 3 is 2.53 bits per heavy atom. The molecule has 0 unspecified atom stereocenters. The van der Waals surface area contributed by atoms with E-state index in [1.165, 1.54) is 7.11 Å². The van der Waals surface area contributed by atoms with E-state index in [9.17, 15) is 18.3 Å². The number of hydrazine groups is 2. The molecule has 2 aliphatic rings. The molecule has 2 heterocycles. The normalized spacial score (nSPS) is 16.0. The minimum Gasteiger partial charge on any atom is -0.492 e. The Morgan fingerprint density at radius 2 is 1.91 bits per heavy atom. The maximum atomic E-state index is 13.6. The number of nitrogens with one attached hydrogen (secondary N) is 4. The smallest absolute Gasteiger partial charge is 0.255 e. The molecule has 1 aromatic heterocycles. The van der Waals surface area contributed by atoms with Crippen molar-refractivity contribution < 1.29 is 23.1 Å². The van der Waals surface area contributed by atoms with Gasteiger partial charge in [-0.05, 0) is 55.2 Å². The van der Waals surface area contributed by atoms with Crippen LogP contribution in [0.2, 0.25) is 0 Å². The van der Waals surface area contributed by atoms with Crippen molar-refractivity contribution in [1.29, 1.82) is 0 Å². The van der Waals surface area contributed by atoms with Crippen LogP contribution in [-0.4, -0.2) is 49.0 Å². The summed E-state index contributed by atoms with van der Waals surface area (Å²) in [6.45, 7) is 7.61. The molecule has 0 bridgehead atoms. The molecule has 1 saturated carbocycles. The third-order valence-electron chi connectivity index (χ3n) is 8.12. The number of amides is 1. The second-order valence-corrected chi connectivity index (χ2v) is 14.0. The first-order chi connectivity index (χ1) is 20.2. The quantitative estimate of drug-likeness (QED) is 0.233. The van der Waals surface area contributed by atoms with Crippen LogP contribution in [0.5, 0.6) is 5.75 Å². The Balaban J connectivity index is 1.45. The number of hydrogen-bond acceptors (Lipinski definition) is 9. The number of aliphatic hydroxyl groups is 1. The Hall–Kier alpha value is -4.07. The zero-order valence-corrected chi connectivity index (χ0v) is 26.3. The molecule has 5 N–H and O–H groups in total. The number of aromatic nitrogens is 2. The van der Waals surface area contributed by atoms with Crippen molar-refractivity contribution in [3.63, 3.8) is 0 Å². The van der Waals surface area contributed by atoms with E-state index >= 15 is 0 Å². The van der Waals surface area contributed by atoms with E-state index in [1.54, 1.807) is 24.3 Å². The standard InChI is InChI=1S/C30H39N7O5S/c1-18-8-9-19(12-24(18)37-16-23(33-35-37)25-15-31-28(36(25)5)30(4)10-11-30)27(39)32-21-13-20(29(2,3)17-38)14-22(26(21)42-6)34-43(7,40)41/h8-9,12-16,33-35,38H,10-11,17H2,1-7H3,(H,32,39). The molecular weight excluding hydrogens is 570 g/mol. The molecule has 5 rings (SSSR count). The van der Waals surface area contributed by atoms with Crippen LogP contribution in [0, 0.1) is 6.92 Å². The van der Waals surface area contributed by atoms with Gasteiger partial charge in [0.2, 0.25) is 10.0 Å². The van der Waals surface area contributed by atoms with Crippen LogP contribution < -0.4 is 30.7 Å². The number of benzene rings is 2. The van der Waals surface area contributed by atoms with Crippen LogP contribution in [0.3, 0.4) is 0 Å². The average molecular weight is 610 g/mol.